The SMILES string of the molecule is O=C(N[C@H]1CCc2ccccc21)[C@H]1CSCN1C(=O)C1CCC1. The summed E-state index contributed by atoms with van der Waals surface area (Å²) in [5, 5.41) is 3.19. The fraction of sp³-hybridized carbons (Fsp3) is 0.556. The van der Waals surface area contributed by atoms with Crippen LogP contribution >= 0.6 is 11.8 Å². The van der Waals surface area contributed by atoms with Crippen LogP contribution in [0.1, 0.15) is 42.9 Å². The van der Waals surface area contributed by atoms with Gasteiger partial charge in [0.15, 0.2) is 0 Å². The summed E-state index contributed by atoms with van der Waals surface area (Å²) in [5.74, 6) is 1.75. The standard InChI is InChI=1S/C18H22N2O2S/c21-17(19-15-9-8-12-4-1-2-7-14(12)15)16-10-23-11-20(16)18(22)13-5-3-6-13/h1-2,4,7,13,15-16H,3,5-6,8-11H2,(H,19,21)/t15-,16+/m0/s1. The van der Waals surface area contributed by atoms with E-state index < -0.39 is 0 Å². The molecular formula is C18H22N2O2S. The number of thioether (sulfide) groups is 1. The minimum Gasteiger partial charge on any atom is -0.347 e. The number of amides is 2. The number of aryl methyl sites for hydroxylation is 1. The topological polar surface area (TPSA) is 49.4 Å². The molecule has 0 unspecified atom stereocenters. The number of nitrogens with one attached hydrogen (secondary N) is 1. The second kappa shape index (κ2) is 6.19. The Morgan fingerprint density at radius 2 is 2.00 bits per heavy atom. The predicted octanol–water partition coefficient (Wildman–Crippen LogP) is 2.49. The minimum atomic E-state index is -0.291. The summed E-state index contributed by atoms with van der Waals surface area (Å²) in [6.45, 7) is 0. The van der Waals surface area contributed by atoms with Crippen LogP contribution in [0, 0.1) is 5.92 Å². The first-order valence-electron chi connectivity index (χ1n) is 8.50. The van der Waals surface area contributed by atoms with Crippen molar-refractivity contribution in [1.29, 1.82) is 0 Å². The summed E-state index contributed by atoms with van der Waals surface area (Å²) in [5.41, 5.74) is 2.57. The Morgan fingerprint density at radius 3 is 2.78 bits per heavy atom. The van der Waals surface area contributed by atoms with Gasteiger partial charge in [-0.15, -0.1) is 11.8 Å². The highest BCUT2D eigenvalue weighted by atomic mass is 32.2. The first-order chi connectivity index (χ1) is 11.2. The summed E-state index contributed by atoms with van der Waals surface area (Å²) in [6.07, 6.45) is 5.11. The van der Waals surface area contributed by atoms with Crippen molar-refractivity contribution in [2.45, 2.75) is 44.2 Å². The fourth-order valence-corrected chi connectivity index (χ4v) is 4.91. The van der Waals surface area contributed by atoms with Crippen LogP contribution in [0.5, 0.6) is 0 Å². The maximum atomic E-state index is 12.7. The molecule has 4 nitrogen and oxygen atoms in total. The van der Waals surface area contributed by atoms with Crippen LogP contribution in [0.15, 0.2) is 24.3 Å². The lowest BCUT2D eigenvalue weighted by Gasteiger charge is -2.32. The van der Waals surface area contributed by atoms with E-state index in [9.17, 15) is 9.59 Å². The average Bonchev–Trinajstić information content (AvgIpc) is 3.13. The van der Waals surface area contributed by atoms with Crippen molar-refractivity contribution in [3.63, 3.8) is 0 Å². The van der Waals surface area contributed by atoms with Gasteiger partial charge in [0.25, 0.3) is 0 Å². The Labute approximate surface area is 141 Å². The fourth-order valence-electron chi connectivity index (χ4n) is 3.74. The van der Waals surface area contributed by atoms with E-state index in [1.807, 2.05) is 11.0 Å². The molecule has 0 spiro atoms. The molecule has 0 radical (unpaired) electrons. The first-order valence-corrected chi connectivity index (χ1v) is 9.66. The van der Waals surface area contributed by atoms with Gasteiger partial charge in [-0.1, -0.05) is 30.7 Å². The number of fused-ring (bicyclic) bond motifs is 1. The van der Waals surface area contributed by atoms with Crippen LogP contribution in [0.25, 0.3) is 0 Å². The zero-order valence-corrected chi connectivity index (χ0v) is 14.0. The minimum absolute atomic E-state index is 0.0179. The second-order valence-corrected chi connectivity index (χ2v) is 7.75. The maximum Gasteiger partial charge on any atom is 0.244 e. The van der Waals surface area contributed by atoms with Gasteiger partial charge < -0.3 is 10.2 Å². The Bertz CT molecular complexity index is 629. The smallest absolute Gasteiger partial charge is 0.244 e. The van der Waals surface area contributed by atoms with Crippen LogP contribution in [0.3, 0.4) is 0 Å². The zero-order chi connectivity index (χ0) is 15.8. The van der Waals surface area contributed by atoms with Crippen molar-refractivity contribution in [3.05, 3.63) is 35.4 Å². The van der Waals surface area contributed by atoms with Gasteiger partial charge in [0.2, 0.25) is 11.8 Å². The Morgan fingerprint density at radius 1 is 1.17 bits per heavy atom. The highest BCUT2D eigenvalue weighted by Crippen LogP contribution is 2.34. The maximum absolute atomic E-state index is 12.7. The highest BCUT2D eigenvalue weighted by Gasteiger charge is 2.40. The molecule has 2 fully saturated rings. The van der Waals surface area contributed by atoms with Crippen LogP contribution in [-0.2, 0) is 16.0 Å². The molecule has 2 aliphatic carbocycles. The summed E-state index contributed by atoms with van der Waals surface area (Å²) in [6, 6.07) is 8.13. The van der Waals surface area contributed by atoms with Crippen LogP contribution in [0.4, 0.5) is 0 Å². The summed E-state index contributed by atoms with van der Waals surface area (Å²) in [4.78, 5) is 27.1. The molecule has 23 heavy (non-hydrogen) atoms. The van der Waals surface area contributed by atoms with Crippen LogP contribution < -0.4 is 5.32 Å². The molecule has 122 valence electrons. The largest absolute Gasteiger partial charge is 0.347 e. The van der Waals surface area contributed by atoms with Gasteiger partial charge in [0.1, 0.15) is 6.04 Å². The van der Waals surface area contributed by atoms with E-state index in [1.165, 1.54) is 11.1 Å². The van der Waals surface area contributed by atoms with E-state index in [1.54, 1.807) is 11.8 Å². The van der Waals surface area contributed by atoms with E-state index in [0.29, 0.717) is 5.88 Å². The molecule has 1 saturated heterocycles. The molecule has 1 heterocycles. The van der Waals surface area contributed by atoms with Gasteiger partial charge in [0.05, 0.1) is 11.9 Å². The predicted molar refractivity (Wildman–Crippen MR) is 90.9 cm³/mol. The molecule has 1 saturated carbocycles. The van der Waals surface area contributed by atoms with E-state index in [4.69, 9.17) is 0 Å². The second-order valence-electron chi connectivity index (χ2n) is 6.75. The number of rotatable bonds is 3. The van der Waals surface area contributed by atoms with Gasteiger partial charge in [-0.05, 0) is 36.8 Å². The third-order valence-electron chi connectivity index (χ3n) is 5.37. The first kappa shape index (κ1) is 15.1. The quantitative estimate of drug-likeness (QED) is 0.926. The van der Waals surface area contributed by atoms with E-state index in [2.05, 4.69) is 23.5 Å². The van der Waals surface area contributed by atoms with Crippen molar-refractivity contribution in [1.82, 2.24) is 10.2 Å². The molecule has 0 bridgehead atoms. The number of hydrogen-bond donors (Lipinski definition) is 1. The Hall–Kier alpha value is -1.49. The number of benzene rings is 1. The Kier molecular flexibility index (Phi) is 4.05. The lowest BCUT2D eigenvalue weighted by atomic mass is 9.84. The van der Waals surface area contributed by atoms with Crippen molar-refractivity contribution in [3.8, 4) is 0 Å². The third kappa shape index (κ3) is 2.75. The lowest BCUT2D eigenvalue weighted by molar-refractivity contribution is -0.143. The summed E-state index contributed by atoms with van der Waals surface area (Å²) in [7, 11) is 0. The van der Waals surface area contributed by atoms with Crippen molar-refractivity contribution < 1.29 is 9.59 Å². The average molecular weight is 330 g/mol. The molecule has 1 aliphatic heterocycles. The highest BCUT2D eigenvalue weighted by molar-refractivity contribution is 7.99. The lowest BCUT2D eigenvalue weighted by Crippen LogP contribution is -2.50. The van der Waals surface area contributed by atoms with Crippen LogP contribution in [-0.4, -0.2) is 34.4 Å². The Balaban J connectivity index is 1.43. The molecular weight excluding hydrogens is 308 g/mol. The molecule has 4 rings (SSSR count). The van der Waals surface area contributed by atoms with Crippen LogP contribution in [0.2, 0.25) is 0 Å². The molecule has 1 N–H and O–H groups in total. The summed E-state index contributed by atoms with van der Waals surface area (Å²) >= 11 is 1.69. The number of carbonyl (C=O) groups excluding carboxylic acids is 2. The normalized spacial score (nSPS) is 26.7. The molecule has 3 aliphatic rings. The molecule has 1 aromatic rings. The molecule has 2 amide bonds. The molecule has 2 atom stereocenters. The zero-order valence-electron chi connectivity index (χ0n) is 13.2. The van der Waals surface area contributed by atoms with Gasteiger partial charge in [-0.25, -0.2) is 0 Å². The van der Waals surface area contributed by atoms with E-state index >= 15 is 0 Å². The van der Waals surface area contributed by atoms with E-state index in [0.717, 1.165) is 37.9 Å². The van der Waals surface area contributed by atoms with Gasteiger partial charge in [0, 0.05) is 11.7 Å². The van der Waals surface area contributed by atoms with Gasteiger partial charge in [-0.3, -0.25) is 9.59 Å². The molecule has 1 aromatic carbocycles. The van der Waals surface area contributed by atoms with Crippen molar-refractivity contribution >= 4 is 23.6 Å². The van der Waals surface area contributed by atoms with E-state index in [-0.39, 0.29) is 29.8 Å². The molecule has 5 heteroatoms. The number of hydrogen-bond acceptors (Lipinski definition) is 3. The number of nitrogens with zero attached hydrogens (tertiary/aromatic N) is 1. The number of carbonyl (C=O) groups is 2. The summed E-state index contributed by atoms with van der Waals surface area (Å²) < 4.78 is 0. The van der Waals surface area contributed by atoms with Crippen molar-refractivity contribution in [2.24, 2.45) is 5.92 Å². The molecule has 0 aromatic heterocycles. The third-order valence-corrected chi connectivity index (χ3v) is 6.38. The monoisotopic (exact) mass is 330 g/mol. The van der Waals surface area contributed by atoms with Crippen molar-refractivity contribution in [2.75, 3.05) is 11.6 Å². The van der Waals surface area contributed by atoms with Gasteiger partial charge in [-0.2, -0.15) is 0 Å². The van der Waals surface area contributed by atoms with Gasteiger partial charge >= 0.3 is 0 Å².